The first-order chi connectivity index (χ1) is 9.13. The van der Waals surface area contributed by atoms with Gasteiger partial charge in [-0.2, -0.15) is 0 Å². The predicted molar refractivity (Wildman–Crippen MR) is 81.5 cm³/mol. The van der Waals surface area contributed by atoms with E-state index in [1.807, 2.05) is 31.1 Å². The van der Waals surface area contributed by atoms with E-state index in [-0.39, 0.29) is 11.9 Å². The second-order valence-electron chi connectivity index (χ2n) is 4.86. The summed E-state index contributed by atoms with van der Waals surface area (Å²) in [5.41, 5.74) is 1.10. The third kappa shape index (κ3) is 3.28. The number of carbonyl (C=O) groups excluding carboxylic acids is 1. The average molecular weight is 326 g/mol. The van der Waals surface area contributed by atoms with Gasteiger partial charge in [0.15, 0.2) is 0 Å². The van der Waals surface area contributed by atoms with Gasteiger partial charge in [-0.3, -0.25) is 4.79 Å². The van der Waals surface area contributed by atoms with Gasteiger partial charge in [-0.1, -0.05) is 22.0 Å². The van der Waals surface area contributed by atoms with Gasteiger partial charge in [0.2, 0.25) is 5.91 Å². The molecule has 1 aliphatic heterocycles. The molecule has 4 nitrogen and oxygen atoms in total. The molecular weight excluding hydrogens is 306 g/mol. The van der Waals surface area contributed by atoms with Crippen molar-refractivity contribution in [2.75, 3.05) is 38.6 Å². The molecule has 1 aromatic rings. The molecule has 5 heteroatoms. The molecule has 0 aliphatic carbocycles. The maximum Gasteiger partial charge on any atom is 0.246 e. The number of nitrogens with zero attached hydrogens (tertiary/aromatic N) is 2. The lowest BCUT2D eigenvalue weighted by molar-refractivity contribution is -0.130. The van der Waals surface area contributed by atoms with Crippen molar-refractivity contribution in [1.82, 2.24) is 10.2 Å². The van der Waals surface area contributed by atoms with Gasteiger partial charge in [0.25, 0.3) is 0 Å². The van der Waals surface area contributed by atoms with Crippen LogP contribution in [0.5, 0.6) is 0 Å². The SMILES string of the molecule is CNCC1C(=O)N(C)CCCN1c1cccc(Br)c1. The topological polar surface area (TPSA) is 35.6 Å². The van der Waals surface area contributed by atoms with Crippen molar-refractivity contribution in [3.63, 3.8) is 0 Å². The normalized spacial score (nSPS) is 20.6. The molecular formula is C14H20BrN3O. The van der Waals surface area contributed by atoms with E-state index in [1.165, 1.54) is 0 Å². The highest BCUT2D eigenvalue weighted by atomic mass is 79.9. The Labute approximate surface area is 122 Å². The molecule has 104 valence electrons. The van der Waals surface area contributed by atoms with Gasteiger partial charge in [0.05, 0.1) is 0 Å². The van der Waals surface area contributed by atoms with E-state index in [4.69, 9.17) is 0 Å². The van der Waals surface area contributed by atoms with E-state index < -0.39 is 0 Å². The summed E-state index contributed by atoms with van der Waals surface area (Å²) >= 11 is 3.50. The molecule has 1 atom stereocenters. The molecule has 2 rings (SSSR count). The largest absolute Gasteiger partial charge is 0.358 e. The zero-order valence-corrected chi connectivity index (χ0v) is 13.0. The highest BCUT2D eigenvalue weighted by Gasteiger charge is 2.30. The lowest BCUT2D eigenvalue weighted by atomic mass is 10.2. The van der Waals surface area contributed by atoms with Crippen LogP contribution in [0.15, 0.2) is 28.7 Å². The fourth-order valence-electron chi connectivity index (χ4n) is 2.49. The Hall–Kier alpha value is -1.07. The number of benzene rings is 1. The molecule has 0 bridgehead atoms. The number of nitrogens with one attached hydrogen (secondary N) is 1. The average Bonchev–Trinajstić information content (AvgIpc) is 2.53. The smallest absolute Gasteiger partial charge is 0.246 e. The molecule has 19 heavy (non-hydrogen) atoms. The van der Waals surface area contributed by atoms with Crippen LogP contribution in [-0.4, -0.2) is 50.6 Å². The van der Waals surface area contributed by atoms with Gasteiger partial charge in [0, 0.05) is 36.8 Å². The Morgan fingerprint density at radius 2 is 2.21 bits per heavy atom. The fourth-order valence-corrected chi connectivity index (χ4v) is 2.87. The third-order valence-electron chi connectivity index (χ3n) is 3.47. The number of hydrogen-bond acceptors (Lipinski definition) is 3. The lowest BCUT2D eigenvalue weighted by Crippen LogP contribution is -2.50. The van der Waals surface area contributed by atoms with Crippen LogP contribution in [0, 0.1) is 0 Å². The second-order valence-corrected chi connectivity index (χ2v) is 5.78. The monoisotopic (exact) mass is 325 g/mol. The number of amides is 1. The molecule has 1 saturated heterocycles. The fraction of sp³-hybridized carbons (Fsp3) is 0.500. The van der Waals surface area contributed by atoms with Crippen LogP contribution in [0.1, 0.15) is 6.42 Å². The summed E-state index contributed by atoms with van der Waals surface area (Å²) in [5, 5.41) is 3.13. The van der Waals surface area contributed by atoms with Crippen molar-refractivity contribution < 1.29 is 4.79 Å². The number of anilines is 1. The Morgan fingerprint density at radius 1 is 1.42 bits per heavy atom. The number of carbonyl (C=O) groups is 1. The highest BCUT2D eigenvalue weighted by Crippen LogP contribution is 2.24. The summed E-state index contributed by atoms with van der Waals surface area (Å²) in [6, 6.07) is 8.01. The van der Waals surface area contributed by atoms with Crippen LogP contribution in [0.4, 0.5) is 5.69 Å². The van der Waals surface area contributed by atoms with Crippen LogP contribution in [0.25, 0.3) is 0 Å². The molecule has 1 aliphatic rings. The lowest BCUT2D eigenvalue weighted by Gasteiger charge is -2.31. The molecule has 0 aromatic heterocycles. The van der Waals surface area contributed by atoms with Crippen LogP contribution in [0.2, 0.25) is 0 Å². The van der Waals surface area contributed by atoms with E-state index in [2.05, 4.69) is 38.3 Å². The van der Waals surface area contributed by atoms with E-state index >= 15 is 0 Å². The maximum atomic E-state index is 12.4. The summed E-state index contributed by atoms with van der Waals surface area (Å²) in [6.45, 7) is 2.39. The molecule has 1 heterocycles. The summed E-state index contributed by atoms with van der Waals surface area (Å²) in [7, 11) is 3.77. The van der Waals surface area contributed by atoms with Crippen LogP contribution in [-0.2, 0) is 4.79 Å². The molecule has 1 unspecified atom stereocenters. The van der Waals surface area contributed by atoms with E-state index in [1.54, 1.807) is 0 Å². The second kappa shape index (κ2) is 6.39. The Morgan fingerprint density at radius 3 is 2.89 bits per heavy atom. The van der Waals surface area contributed by atoms with Crippen molar-refractivity contribution >= 4 is 27.5 Å². The minimum absolute atomic E-state index is 0.133. The number of likely N-dealkylation sites (N-methyl/N-ethyl adjacent to an activating group) is 2. The summed E-state index contributed by atoms with van der Waals surface area (Å²) in [4.78, 5) is 16.5. The van der Waals surface area contributed by atoms with E-state index in [0.717, 1.165) is 29.7 Å². The minimum atomic E-state index is -0.133. The van der Waals surface area contributed by atoms with E-state index in [9.17, 15) is 4.79 Å². The molecule has 1 amide bonds. The van der Waals surface area contributed by atoms with Gasteiger partial charge < -0.3 is 15.1 Å². The summed E-state index contributed by atoms with van der Waals surface area (Å²) in [6.07, 6.45) is 0.995. The van der Waals surface area contributed by atoms with Crippen molar-refractivity contribution in [1.29, 1.82) is 0 Å². The van der Waals surface area contributed by atoms with Gasteiger partial charge in [-0.25, -0.2) is 0 Å². The summed E-state index contributed by atoms with van der Waals surface area (Å²) < 4.78 is 1.04. The number of rotatable bonds is 3. The van der Waals surface area contributed by atoms with Crippen molar-refractivity contribution in [2.24, 2.45) is 0 Å². The molecule has 1 N–H and O–H groups in total. The first-order valence-electron chi connectivity index (χ1n) is 6.55. The minimum Gasteiger partial charge on any atom is -0.358 e. The van der Waals surface area contributed by atoms with Gasteiger partial charge >= 0.3 is 0 Å². The zero-order chi connectivity index (χ0) is 13.8. The van der Waals surface area contributed by atoms with Crippen LogP contribution in [0.3, 0.4) is 0 Å². The predicted octanol–water partition coefficient (Wildman–Crippen LogP) is 1.71. The van der Waals surface area contributed by atoms with Gasteiger partial charge in [-0.05, 0) is 31.7 Å². The van der Waals surface area contributed by atoms with E-state index in [0.29, 0.717) is 6.54 Å². The quantitative estimate of drug-likeness (QED) is 0.918. The van der Waals surface area contributed by atoms with Crippen molar-refractivity contribution in [3.05, 3.63) is 28.7 Å². The first kappa shape index (κ1) is 14.3. The molecule has 0 saturated carbocycles. The molecule has 0 radical (unpaired) electrons. The maximum absolute atomic E-state index is 12.4. The number of halogens is 1. The molecule has 0 spiro atoms. The first-order valence-corrected chi connectivity index (χ1v) is 7.34. The van der Waals surface area contributed by atoms with Crippen molar-refractivity contribution in [2.45, 2.75) is 12.5 Å². The Bertz CT molecular complexity index is 452. The highest BCUT2D eigenvalue weighted by molar-refractivity contribution is 9.10. The molecule has 1 fully saturated rings. The van der Waals surface area contributed by atoms with Gasteiger partial charge in [-0.15, -0.1) is 0 Å². The standard InChI is InChI=1S/C14H20BrN3O/c1-16-10-13-14(19)17(2)7-4-8-18(13)12-6-3-5-11(15)9-12/h3,5-6,9,13,16H,4,7-8,10H2,1-2H3. The molecule has 1 aromatic carbocycles. The van der Waals surface area contributed by atoms with Gasteiger partial charge in [0.1, 0.15) is 6.04 Å². The van der Waals surface area contributed by atoms with Crippen LogP contribution >= 0.6 is 15.9 Å². The Kier molecular flexibility index (Phi) is 4.82. The zero-order valence-electron chi connectivity index (χ0n) is 11.4. The summed E-state index contributed by atoms with van der Waals surface area (Å²) in [5.74, 6) is 0.187. The Balaban J connectivity index is 2.31. The third-order valence-corrected chi connectivity index (χ3v) is 3.96. The number of hydrogen-bond donors (Lipinski definition) is 1. The van der Waals surface area contributed by atoms with Crippen LogP contribution < -0.4 is 10.2 Å². The van der Waals surface area contributed by atoms with Crippen molar-refractivity contribution in [3.8, 4) is 0 Å².